The summed E-state index contributed by atoms with van der Waals surface area (Å²) in [6, 6.07) is 6.25. The van der Waals surface area contributed by atoms with Crippen LogP contribution in [0.4, 0.5) is 10.1 Å². The number of hydrogen-bond acceptors (Lipinski definition) is 3. The highest BCUT2D eigenvalue weighted by molar-refractivity contribution is 6.34. The van der Waals surface area contributed by atoms with Gasteiger partial charge in [-0.05, 0) is 17.7 Å². The summed E-state index contributed by atoms with van der Waals surface area (Å²) in [5, 5.41) is 13.2. The number of rotatable bonds is 4. The minimum absolute atomic E-state index is 0.180. The van der Waals surface area contributed by atoms with Gasteiger partial charge in [0.1, 0.15) is 11.5 Å². The first-order chi connectivity index (χ1) is 10.6. The molecule has 0 aliphatic heterocycles. The Morgan fingerprint density at radius 2 is 2.27 bits per heavy atom. The highest BCUT2D eigenvalue weighted by atomic mass is 35.5. The van der Waals surface area contributed by atoms with E-state index in [2.05, 4.69) is 20.6 Å². The van der Waals surface area contributed by atoms with Crippen molar-refractivity contribution in [2.24, 2.45) is 0 Å². The lowest BCUT2D eigenvalue weighted by molar-refractivity contribution is 0.102. The molecule has 3 rings (SSSR count). The highest BCUT2D eigenvalue weighted by Gasteiger charge is 2.13. The molecule has 8 heteroatoms. The largest absolute Gasteiger partial charge is 0.318 e. The maximum Gasteiger partial charge on any atom is 0.275 e. The number of H-pyrrole nitrogens is 1. The van der Waals surface area contributed by atoms with Crippen LogP contribution in [0.15, 0.2) is 42.9 Å². The molecule has 0 fully saturated rings. The van der Waals surface area contributed by atoms with E-state index in [0.717, 1.165) is 5.56 Å². The minimum atomic E-state index is -0.409. The second kappa shape index (κ2) is 5.98. The Kier molecular flexibility index (Phi) is 3.88. The Morgan fingerprint density at radius 3 is 3.00 bits per heavy atom. The fourth-order valence-electron chi connectivity index (χ4n) is 1.96. The number of nitrogens with zero attached hydrogens (tertiary/aromatic N) is 3. The van der Waals surface area contributed by atoms with Crippen LogP contribution in [0.2, 0.25) is 5.02 Å². The predicted molar refractivity (Wildman–Crippen MR) is 79.3 cm³/mol. The Morgan fingerprint density at radius 1 is 1.41 bits per heavy atom. The first-order valence-corrected chi connectivity index (χ1v) is 6.77. The molecule has 2 aromatic heterocycles. The van der Waals surface area contributed by atoms with Gasteiger partial charge in [0.2, 0.25) is 0 Å². The van der Waals surface area contributed by atoms with E-state index < -0.39 is 5.91 Å². The molecule has 0 saturated carbocycles. The molecular weight excluding hydrogens is 309 g/mol. The maximum atomic E-state index is 13.1. The Hall–Kier alpha value is -2.67. The summed E-state index contributed by atoms with van der Waals surface area (Å²) in [6.07, 6.45) is 4.50. The lowest BCUT2D eigenvalue weighted by Crippen LogP contribution is -2.12. The van der Waals surface area contributed by atoms with Crippen LogP contribution in [0.1, 0.15) is 16.1 Å². The van der Waals surface area contributed by atoms with Crippen LogP contribution in [0, 0.1) is 5.82 Å². The molecule has 1 aromatic carbocycles. The third-order valence-corrected chi connectivity index (χ3v) is 3.23. The molecule has 0 aliphatic carbocycles. The number of hydrogen-bond donors (Lipinski definition) is 2. The first kappa shape index (κ1) is 14.3. The summed E-state index contributed by atoms with van der Waals surface area (Å²) in [4.78, 5) is 12.0. The third kappa shape index (κ3) is 3.15. The van der Waals surface area contributed by atoms with Crippen LogP contribution in [-0.2, 0) is 6.54 Å². The van der Waals surface area contributed by atoms with E-state index in [-0.39, 0.29) is 16.5 Å². The molecule has 0 spiro atoms. The van der Waals surface area contributed by atoms with Crippen molar-refractivity contribution in [3.63, 3.8) is 0 Å². The maximum absolute atomic E-state index is 13.1. The Bertz CT molecular complexity index is 813. The Balaban J connectivity index is 1.69. The SMILES string of the molecule is O=C(Nc1cnn(Cc2cccc(F)c2)c1)c1[nH]ncc1Cl. The topological polar surface area (TPSA) is 75.6 Å². The zero-order valence-electron chi connectivity index (χ0n) is 11.3. The monoisotopic (exact) mass is 319 g/mol. The zero-order chi connectivity index (χ0) is 15.5. The van der Waals surface area contributed by atoms with Gasteiger partial charge in [0.05, 0.1) is 29.6 Å². The molecule has 112 valence electrons. The molecule has 0 bridgehead atoms. The average molecular weight is 320 g/mol. The fourth-order valence-corrected chi connectivity index (χ4v) is 2.14. The summed E-state index contributed by atoms with van der Waals surface area (Å²) in [7, 11) is 0. The normalized spacial score (nSPS) is 10.6. The smallest absolute Gasteiger partial charge is 0.275 e. The van der Waals surface area contributed by atoms with Gasteiger partial charge in [0.25, 0.3) is 5.91 Å². The third-order valence-electron chi connectivity index (χ3n) is 2.94. The minimum Gasteiger partial charge on any atom is -0.318 e. The molecule has 22 heavy (non-hydrogen) atoms. The van der Waals surface area contributed by atoms with Crippen molar-refractivity contribution in [2.45, 2.75) is 6.54 Å². The number of carbonyl (C=O) groups is 1. The van der Waals surface area contributed by atoms with E-state index in [4.69, 9.17) is 11.6 Å². The first-order valence-electron chi connectivity index (χ1n) is 6.39. The van der Waals surface area contributed by atoms with Crippen molar-refractivity contribution in [2.75, 3.05) is 5.32 Å². The van der Waals surface area contributed by atoms with E-state index in [1.165, 1.54) is 24.5 Å². The number of anilines is 1. The van der Waals surface area contributed by atoms with Crippen LogP contribution >= 0.6 is 11.6 Å². The van der Waals surface area contributed by atoms with Gasteiger partial charge in [-0.1, -0.05) is 23.7 Å². The average Bonchev–Trinajstić information content (AvgIpc) is 3.08. The van der Waals surface area contributed by atoms with Crippen molar-refractivity contribution in [3.8, 4) is 0 Å². The van der Waals surface area contributed by atoms with Gasteiger partial charge in [0.15, 0.2) is 0 Å². The molecule has 0 radical (unpaired) electrons. The summed E-state index contributed by atoms with van der Waals surface area (Å²) in [6.45, 7) is 0.401. The summed E-state index contributed by atoms with van der Waals surface area (Å²) in [5.41, 5.74) is 1.46. The molecule has 3 aromatic rings. The van der Waals surface area contributed by atoms with Crippen LogP contribution in [-0.4, -0.2) is 25.9 Å². The van der Waals surface area contributed by atoms with Crippen molar-refractivity contribution >= 4 is 23.2 Å². The van der Waals surface area contributed by atoms with Crippen LogP contribution in [0.3, 0.4) is 0 Å². The van der Waals surface area contributed by atoms with Gasteiger partial charge in [-0.3, -0.25) is 14.6 Å². The van der Waals surface area contributed by atoms with Gasteiger partial charge >= 0.3 is 0 Å². The molecule has 1 amide bonds. The van der Waals surface area contributed by atoms with E-state index in [1.807, 2.05) is 0 Å². The lowest BCUT2D eigenvalue weighted by Gasteiger charge is -2.02. The highest BCUT2D eigenvalue weighted by Crippen LogP contribution is 2.14. The molecule has 2 heterocycles. The van der Waals surface area contributed by atoms with Gasteiger partial charge in [0, 0.05) is 6.20 Å². The van der Waals surface area contributed by atoms with Crippen LogP contribution in [0.5, 0.6) is 0 Å². The van der Waals surface area contributed by atoms with Gasteiger partial charge in [-0.2, -0.15) is 10.2 Å². The molecule has 6 nitrogen and oxygen atoms in total. The second-order valence-corrected chi connectivity index (χ2v) is 5.01. The van der Waals surface area contributed by atoms with Crippen molar-refractivity contribution in [1.82, 2.24) is 20.0 Å². The van der Waals surface area contributed by atoms with Crippen molar-refractivity contribution in [1.29, 1.82) is 0 Å². The predicted octanol–water partition coefficient (Wildman–Crippen LogP) is 2.70. The molecular formula is C14H11ClFN5O. The number of amides is 1. The number of nitrogens with one attached hydrogen (secondary N) is 2. The number of carbonyl (C=O) groups excluding carboxylic acids is 1. The number of aromatic amines is 1. The summed E-state index contributed by atoms with van der Waals surface area (Å²) >= 11 is 5.82. The molecule has 2 N–H and O–H groups in total. The van der Waals surface area contributed by atoms with E-state index in [1.54, 1.807) is 23.0 Å². The van der Waals surface area contributed by atoms with Gasteiger partial charge in [-0.25, -0.2) is 4.39 Å². The van der Waals surface area contributed by atoms with E-state index in [0.29, 0.717) is 12.2 Å². The Labute approximate surface area is 129 Å². The second-order valence-electron chi connectivity index (χ2n) is 4.60. The van der Waals surface area contributed by atoms with Crippen LogP contribution in [0.25, 0.3) is 0 Å². The fraction of sp³-hybridized carbons (Fsp3) is 0.0714. The molecule has 0 unspecified atom stereocenters. The summed E-state index contributed by atoms with van der Waals surface area (Å²) in [5.74, 6) is -0.708. The number of benzene rings is 1. The zero-order valence-corrected chi connectivity index (χ0v) is 12.0. The van der Waals surface area contributed by atoms with Crippen molar-refractivity contribution < 1.29 is 9.18 Å². The quantitative estimate of drug-likeness (QED) is 0.776. The van der Waals surface area contributed by atoms with E-state index in [9.17, 15) is 9.18 Å². The van der Waals surface area contributed by atoms with Gasteiger partial charge in [-0.15, -0.1) is 0 Å². The van der Waals surface area contributed by atoms with E-state index >= 15 is 0 Å². The number of halogens is 2. The van der Waals surface area contributed by atoms with Crippen molar-refractivity contribution in [3.05, 3.63) is 65.0 Å². The molecule has 0 saturated heterocycles. The van der Waals surface area contributed by atoms with Gasteiger partial charge < -0.3 is 5.32 Å². The standard InChI is InChI=1S/C14H11ClFN5O/c15-12-6-17-20-13(12)14(22)19-11-5-18-21(8-11)7-9-2-1-3-10(16)4-9/h1-6,8H,7H2,(H,17,20)(H,19,22). The van der Waals surface area contributed by atoms with Crippen LogP contribution < -0.4 is 5.32 Å². The summed E-state index contributed by atoms with van der Waals surface area (Å²) < 4.78 is 14.7. The lowest BCUT2D eigenvalue weighted by atomic mass is 10.2. The molecule has 0 atom stereocenters. The molecule has 0 aliphatic rings. The number of aromatic nitrogens is 4.